The number of methoxy groups -OCH3 is 1. The first-order valence-corrected chi connectivity index (χ1v) is 7.47. The number of H-pyrrole nitrogens is 1. The number of aromatic nitrogens is 2. The number of ether oxygens (including phenoxy) is 1. The summed E-state index contributed by atoms with van der Waals surface area (Å²) in [5.41, 5.74) is 2.90. The van der Waals surface area contributed by atoms with E-state index < -0.39 is 6.04 Å². The van der Waals surface area contributed by atoms with E-state index in [-0.39, 0.29) is 11.7 Å². The van der Waals surface area contributed by atoms with Gasteiger partial charge in [0.2, 0.25) is 0 Å². The lowest BCUT2D eigenvalue weighted by Gasteiger charge is -2.14. The van der Waals surface area contributed by atoms with Gasteiger partial charge in [0, 0.05) is 16.7 Å². The van der Waals surface area contributed by atoms with Crippen molar-refractivity contribution in [1.29, 1.82) is 0 Å². The van der Waals surface area contributed by atoms with Gasteiger partial charge >= 0.3 is 0 Å². The van der Waals surface area contributed by atoms with Crippen molar-refractivity contribution in [3.63, 3.8) is 0 Å². The number of benzene rings is 2. The highest BCUT2D eigenvalue weighted by Gasteiger charge is 2.36. The first-order valence-electron chi connectivity index (χ1n) is 7.47. The number of hydrogen-bond donors (Lipinski definition) is 2. The highest BCUT2D eigenvalue weighted by molar-refractivity contribution is 6.00. The van der Waals surface area contributed by atoms with Gasteiger partial charge in [-0.05, 0) is 30.3 Å². The smallest absolute Gasteiger partial charge is 0.270 e. The van der Waals surface area contributed by atoms with E-state index in [1.165, 1.54) is 6.07 Å². The van der Waals surface area contributed by atoms with Crippen molar-refractivity contribution in [3.8, 4) is 17.0 Å². The molecule has 1 amide bonds. The van der Waals surface area contributed by atoms with Gasteiger partial charge in [-0.2, -0.15) is 5.10 Å². The molecule has 24 heavy (non-hydrogen) atoms. The van der Waals surface area contributed by atoms with Crippen LogP contribution < -0.4 is 10.1 Å². The minimum absolute atomic E-state index is 0.287. The quantitative estimate of drug-likeness (QED) is 0.778. The van der Waals surface area contributed by atoms with Crippen molar-refractivity contribution in [3.05, 3.63) is 71.2 Å². The maximum Gasteiger partial charge on any atom is 0.270 e. The largest absolute Gasteiger partial charge is 0.497 e. The van der Waals surface area contributed by atoms with Crippen LogP contribution in [0.5, 0.6) is 5.75 Å². The van der Waals surface area contributed by atoms with Crippen molar-refractivity contribution in [2.45, 2.75) is 6.04 Å². The Morgan fingerprint density at radius 2 is 1.88 bits per heavy atom. The topological polar surface area (TPSA) is 67.0 Å². The van der Waals surface area contributed by atoms with Crippen LogP contribution in [0.25, 0.3) is 11.3 Å². The number of nitrogens with zero attached hydrogens (tertiary/aromatic N) is 1. The summed E-state index contributed by atoms with van der Waals surface area (Å²) in [5, 5.41) is 9.85. The molecule has 0 saturated heterocycles. The Hall–Kier alpha value is -3.15. The van der Waals surface area contributed by atoms with Crippen LogP contribution >= 0.6 is 0 Å². The highest BCUT2D eigenvalue weighted by atomic mass is 19.1. The fraction of sp³-hybridized carbons (Fsp3) is 0.111. The Labute approximate surface area is 137 Å². The van der Waals surface area contributed by atoms with Gasteiger partial charge in [0.05, 0.1) is 18.8 Å². The van der Waals surface area contributed by atoms with Crippen LogP contribution in [0.2, 0.25) is 0 Å². The summed E-state index contributed by atoms with van der Waals surface area (Å²) >= 11 is 0. The van der Waals surface area contributed by atoms with Gasteiger partial charge in [-0.3, -0.25) is 9.89 Å². The third-order valence-electron chi connectivity index (χ3n) is 4.17. The Morgan fingerprint density at radius 1 is 1.12 bits per heavy atom. The van der Waals surface area contributed by atoms with Crippen LogP contribution in [0, 0.1) is 5.82 Å². The molecule has 1 aliphatic heterocycles. The van der Waals surface area contributed by atoms with Gasteiger partial charge in [0.1, 0.15) is 17.3 Å². The van der Waals surface area contributed by atoms with E-state index in [0.29, 0.717) is 22.5 Å². The molecule has 3 aromatic rings. The minimum atomic E-state index is -0.565. The third-order valence-corrected chi connectivity index (χ3v) is 4.17. The molecule has 1 unspecified atom stereocenters. The number of nitrogens with one attached hydrogen (secondary N) is 2. The van der Waals surface area contributed by atoms with E-state index >= 15 is 0 Å². The summed E-state index contributed by atoms with van der Waals surface area (Å²) in [4.78, 5) is 12.2. The van der Waals surface area contributed by atoms with Crippen LogP contribution in [0.3, 0.4) is 0 Å². The van der Waals surface area contributed by atoms with Gasteiger partial charge in [0.15, 0.2) is 0 Å². The predicted molar refractivity (Wildman–Crippen MR) is 86.3 cm³/mol. The summed E-state index contributed by atoms with van der Waals surface area (Å²) < 4.78 is 19.4. The van der Waals surface area contributed by atoms with E-state index in [1.807, 2.05) is 24.3 Å². The molecule has 0 fully saturated rings. The van der Waals surface area contributed by atoms with Gasteiger partial charge in [-0.15, -0.1) is 0 Å². The molecule has 0 bridgehead atoms. The van der Waals surface area contributed by atoms with Crippen LogP contribution in [0.1, 0.15) is 27.7 Å². The molecule has 1 aliphatic rings. The Morgan fingerprint density at radius 3 is 2.58 bits per heavy atom. The molecule has 1 atom stereocenters. The zero-order valence-corrected chi connectivity index (χ0v) is 12.8. The molecule has 2 N–H and O–H groups in total. The van der Waals surface area contributed by atoms with Gasteiger partial charge in [-0.25, -0.2) is 4.39 Å². The van der Waals surface area contributed by atoms with Crippen LogP contribution in [-0.4, -0.2) is 23.2 Å². The van der Waals surface area contributed by atoms with Crippen LogP contribution in [-0.2, 0) is 0 Å². The summed E-state index contributed by atoms with van der Waals surface area (Å²) in [6.45, 7) is 0. The summed E-state index contributed by atoms with van der Waals surface area (Å²) in [7, 11) is 1.60. The minimum Gasteiger partial charge on any atom is -0.497 e. The molecule has 2 heterocycles. The summed E-state index contributed by atoms with van der Waals surface area (Å²) in [6, 6.07) is 13.2. The third kappa shape index (κ3) is 2.15. The molecule has 0 spiro atoms. The SMILES string of the molecule is COc1ccc(-c2n[nH]c3c2C(c2ccccc2F)NC3=O)cc1. The zero-order valence-electron chi connectivity index (χ0n) is 12.8. The second-order valence-corrected chi connectivity index (χ2v) is 5.52. The molecule has 5 nitrogen and oxygen atoms in total. The Balaban J connectivity index is 1.84. The molecule has 120 valence electrons. The fourth-order valence-corrected chi connectivity index (χ4v) is 2.99. The number of amides is 1. The van der Waals surface area contributed by atoms with E-state index in [4.69, 9.17) is 4.74 Å². The number of carbonyl (C=O) groups excluding carboxylic acids is 1. The molecule has 0 aliphatic carbocycles. The van der Waals surface area contributed by atoms with Gasteiger partial charge in [0.25, 0.3) is 5.91 Å². The number of hydrogen-bond acceptors (Lipinski definition) is 3. The monoisotopic (exact) mass is 323 g/mol. The number of fused-ring (bicyclic) bond motifs is 1. The molecule has 2 aromatic carbocycles. The van der Waals surface area contributed by atoms with Gasteiger partial charge in [-0.1, -0.05) is 18.2 Å². The van der Waals surface area contributed by atoms with Crippen molar-refractivity contribution in [2.75, 3.05) is 7.11 Å². The van der Waals surface area contributed by atoms with E-state index in [0.717, 1.165) is 11.3 Å². The molecular weight excluding hydrogens is 309 g/mol. The summed E-state index contributed by atoms with van der Waals surface area (Å²) in [5.74, 6) is 0.0776. The number of aromatic amines is 1. The zero-order chi connectivity index (χ0) is 16.7. The highest BCUT2D eigenvalue weighted by Crippen LogP contribution is 2.38. The van der Waals surface area contributed by atoms with Crippen LogP contribution in [0.4, 0.5) is 4.39 Å². The van der Waals surface area contributed by atoms with Gasteiger partial charge < -0.3 is 10.1 Å². The van der Waals surface area contributed by atoms with Crippen molar-refractivity contribution >= 4 is 5.91 Å². The molecule has 1 aromatic heterocycles. The van der Waals surface area contributed by atoms with Crippen LogP contribution in [0.15, 0.2) is 48.5 Å². The summed E-state index contributed by atoms with van der Waals surface area (Å²) in [6.07, 6.45) is 0. The number of rotatable bonds is 3. The molecule has 0 saturated carbocycles. The van der Waals surface area contributed by atoms with Crippen molar-refractivity contribution in [2.24, 2.45) is 0 Å². The Bertz CT molecular complexity index is 918. The fourth-order valence-electron chi connectivity index (χ4n) is 2.99. The van der Waals surface area contributed by atoms with Crippen molar-refractivity contribution < 1.29 is 13.9 Å². The lowest BCUT2D eigenvalue weighted by molar-refractivity contribution is 0.0955. The standard InChI is InChI=1S/C18H14FN3O2/c1-24-11-8-6-10(7-9-11)15-14-16(12-4-2-3-5-13(12)19)20-18(23)17(14)22-21-15/h2-9,16H,1H3,(H,20,23)(H,21,22). The van der Waals surface area contributed by atoms with Crippen molar-refractivity contribution in [1.82, 2.24) is 15.5 Å². The number of halogens is 1. The molecule has 6 heteroatoms. The predicted octanol–water partition coefficient (Wildman–Crippen LogP) is 3.06. The molecule has 4 rings (SSSR count). The maximum atomic E-state index is 14.2. The number of carbonyl (C=O) groups is 1. The van der Waals surface area contributed by atoms with E-state index in [9.17, 15) is 9.18 Å². The van der Waals surface area contributed by atoms with E-state index in [2.05, 4.69) is 15.5 Å². The first kappa shape index (κ1) is 14.4. The second kappa shape index (κ2) is 5.49. The van der Waals surface area contributed by atoms with E-state index in [1.54, 1.807) is 25.3 Å². The molecular formula is C18H14FN3O2. The lowest BCUT2D eigenvalue weighted by atomic mass is 9.96. The normalized spacial score (nSPS) is 15.9. The Kier molecular flexibility index (Phi) is 3.30. The average Bonchev–Trinajstić information content (AvgIpc) is 3.17. The lowest BCUT2D eigenvalue weighted by Crippen LogP contribution is -2.21. The second-order valence-electron chi connectivity index (χ2n) is 5.52. The molecule has 0 radical (unpaired) electrons. The maximum absolute atomic E-state index is 14.2. The first-order chi connectivity index (χ1) is 11.7. The average molecular weight is 323 g/mol.